The molecule has 0 aromatic heterocycles. The lowest BCUT2D eigenvalue weighted by Crippen LogP contribution is -2.47. The molecule has 0 spiro atoms. The standard InChI is InChI=1S/C15H26O5S/c1-10(2)11-4-7-15(17,9-21(18,19)20)12-5-6-14(3,16)13(12)8-11/h8,10,12-13,16-17H,4-7,9H2,1-3H3,(H,18,19,20)/t12?,13?,14-,15-/m0/s1. The van der Waals surface area contributed by atoms with E-state index in [1.807, 2.05) is 6.08 Å². The number of fused-ring (bicyclic) bond motifs is 1. The first-order chi connectivity index (χ1) is 9.45. The van der Waals surface area contributed by atoms with Crippen LogP contribution in [0.2, 0.25) is 0 Å². The Morgan fingerprint density at radius 1 is 1.33 bits per heavy atom. The molecule has 1 fully saturated rings. The Labute approximate surface area is 126 Å². The van der Waals surface area contributed by atoms with Gasteiger partial charge in [-0.1, -0.05) is 25.5 Å². The molecule has 0 amide bonds. The summed E-state index contributed by atoms with van der Waals surface area (Å²) in [5.74, 6) is -0.985. The summed E-state index contributed by atoms with van der Waals surface area (Å²) in [6.07, 6.45) is 4.01. The summed E-state index contributed by atoms with van der Waals surface area (Å²) in [5.41, 5.74) is -1.28. The fourth-order valence-corrected chi connectivity index (χ4v) is 4.95. The number of hydrogen-bond acceptors (Lipinski definition) is 4. The van der Waals surface area contributed by atoms with Gasteiger partial charge in [-0.3, -0.25) is 4.55 Å². The minimum atomic E-state index is -4.27. The predicted molar refractivity (Wildman–Crippen MR) is 80.4 cm³/mol. The van der Waals surface area contributed by atoms with E-state index in [0.29, 0.717) is 25.7 Å². The number of allylic oxidation sites excluding steroid dienone is 1. The normalized spacial score (nSPS) is 40.8. The SMILES string of the molecule is CC(C)C1=CC2C(CC[C@]2(C)O)[C@@](O)(CS(=O)(=O)O)CC1. The molecule has 0 aliphatic heterocycles. The van der Waals surface area contributed by atoms with Crippen LogP contribution in [0, 0.1) is 17.8 Å². The zero-order valence-electron chi connectivity index (χ0n) is 12.9. The van der Waals surface area contributed by atoms with Crippen LogP contribution >= 0.6 is 0 Å². The lowest BCUT2D eigenvalue weighted by Gasteiger charge is -2.36. The van der Waals surface area contributed by atoms with Crippen LogP contribution in [0.15, 0.2) is 11.6 Å². The van der Waals surface area contributed by atoms with Gasteiger partial charge in [0, 0.05) is 5.92 Å². The zero-order chi connectivity index (χ0) is 16.1. The van der Waals surface area contributed by atoms with Crippen LogP contribution in [0.4, 0.5) is 0 Å². The van der Waals surface area contributed by atoms with Gasteiger partial charge < -0.3 is 10.2 Å². The van der Waals surface area contributed by atoms with E-state index in [1.165, 1.54) is 0 Å². The Bertz CT molecular complexity index is 534. The highest BCUT2D eigenvalue weighted by Crippen LogP contribution is 2.50. The molecule has 0 bridgehead atoms. The summed E-state index contributed by atoms with van der Waals surface area (Å²) in [5, 5.41) is 21.5. The van der Waals surface area contributed by atoms with Crippen LogP contribution in [0.1, 0.15) is 46.5 Å². The van der Waals surface area contributed by atoms with Gasteiger partial charge in [-0.25, -0.2) is 0 Å². The second kappa shape index (κ2) is 5.33. The minimum Gasteiger partial charge on any atom is -0.390 e. The Morgan fingerprint density at radius 2 is 1.95 bits per heavy atom. The van der Waals surface area contributed by atoms with Crippen molar-refractivity contribution >= 4 is 10.1 Å². The molecule has 1 saturated carbocycles. The maximum Gasteiger partial charge on any atom is 0.267 e. The maximum absolute atomic E-state index is 11.3. The van der Waals surface area contributed by atoms with E-state index in [4.69, 9.17) is 0 Å². The monoisotopic (exact) mass is 318 g/mol. The predicted octanol–water partition coefficient (Wildman–Crippen LogP) is 1.76. The summed E-state index contributed by atoms with van der Waals surface area (Å²) < 4.78 is 31.8. The largest absolute Gasteiger partial charge is 0.390 e. The number of rotatable bonds is 3. The average molecular weight is 318 g/mol. The topological polar surface area (TPSA) is 94.8 Å². The molecule has 3 N–H and O–H groups in total. The van der Waals surface area contributed by atoms with Crippen LogP contribution in [0.3, 0.4) is 0 Å². The van der Waals surface area contributed by atoms with Crippen molar-refractivity contribution in [3.05, 3.63) is 11.6 Å². The highest BCUT2D eigenvalue weighted by Gasteiger charge is 2.54. The Morgan fingerprint density at radius 3 is 2.48 bits per heavy atom. The quantitative estimate of drug-likeness (QED) is 0.544. The van der Waals surface area contributed by atoms with Crippen molar-refractivity contribution in [2.24, 2.45) is 17.8 Å². The highest BCUT2D eigenvalue weighted by atomic mass is 32.2. The van der Waals surface area contributed by atoms with Gasteiger partial charge in [0.15, 0.2) is 0 Å². The van der Waals surface area contributed by atoms with Crippen LogP contribution < -0.4 is 0 Å². The molecule has 0 aromatic carbocycles. The van der Waals surface area contributed by atoms with E-state index >= 15 is 0 Å². The molecular weight excluding hydrogens is 292 g/mol. The molecule has 0 radical (unpaired) electrons. The molecule has 4 atom stereocenters. The molecule has 2 unspecified atom stereocenters. The Hall–Kier alpha value is -0.430. The molecule has 0 saturated heterocycles. The summed E-state index contributed by atoms with van der Waals surface area (Å²) in [4.78, 5) is 0. The van der Waals surface area contributed by atoms with Gasteiger partial charge >= 0.3 is 0 Å². The second-order valence-corrected chi connectivity index (χ2v) is 8.71. The summed E-state index contributed by atoms with van der Waals surface area (Å²) >= 11 is 0. The number of hydrogen-bond donors (Lipinski definition) is 3. The first-order valence-corrected chi connectivity index (χ1v) is 9.16. The smallest absolute Gasteiger partial charge is 0.267 e. The van der Waals surface area contributed by atoms with Crippen molar-refractivity contribution in [1.29, 1.82) is 0 Å². The molecule has 5 nitrogen and oxygen atoms in total. The Kier molecular flexibility index (Phi) is 4.30. The molecule has 6 heteroatoms. The highest BCUT2D eigenvalue weighted by molar-refractivity contribution is 7.85. The van der Waals surface area contributed by atoms with Crippen molar-refractivity contribution in [3.8, 4) is 0 Å². The summed E-state index contributed by atoms with van der Waals surface area (Å²) in [6, 6.07) is 0. The first kappa shape index (κ1) is 16.9. The molecule has 0 aromatic rings. The minimum absolute atomic E-state index is 0.274. The molecule has 2 aliphatic rings. The molecular formula is C15H26O5S. The lowest BCUT2D eigenvalue weighted by molar-refractivity contribution is -0.0404. The third-order valence-corrected chi connectivity index (χ3v) is 6.08. The zero-order valence-corrected chi connectivity index (χ0v) is 13.7. The van der Waals surface area contributed by atoms with Crippen molar-refractivity contribution in [2.75, 3.05) is 5.75 Å². The molecule has 122 valence electrons. The number of aliphatic hydroxyl groups is 2. The van der Waals surface area contributed by atoms with Crippen molar-refractivity contribution < 1.29 is 23.2 Å². The second-order valence-electron chi connectivity index (χ2n) is 7.25. The fourth-order valence-electron chi connectivity index (χ4n) is 3.96. The van der Waals surface area contributed by atoms with Crippen molar-refractivity contribution in [2.45, 2.75) is 57.7 Å². The van der Waals surface area contributed by atoms with E-state index in [2.05, 4.69) is 13.8 Å². The van der Waals surface area contributed by atoms with Crippen LogP contribution in [0.25, 0.3) is 0 Å². The van der Waals surface area contributed by atoms with Gasteiger partial charge in [-0.05, 0) is 44.4 Å². The van der Waals surface area contributed by atoms with Crippen LogP contribution in [-0.4, -0.2) is 40.1 Å². The Balaban J connectivity index is 2.42. The fraction of sp³-hybridized carbons (Fsp3) is 0.867. The van der Waals surface area contributed by atoms with E-state index in [-0.39, 0.29) is 17.8 Å². The maximum atomic E-state index is 11.3. The van der Waals surface area contributed by atoms with Gasteiger partial charge in [0.1, 0.15) is 5.75 Å². The van der Waals surface area contributed by atoms with Gasteiger partial charge in [0.2, 0.25) is 0 Å². The lowest BCUT2D eigenvalue weighted by atomic mass is 9.77. The third-order valence-electron chi connectivity index (χ3n) is 5.22. The molecule has 21 heavy (non-hydrogen) atoms. The first-order valence-electron chi connectivity index (χ1n) is 7.55. The van der Waals surface area contributed by atoms with Crippen molar-refractivity contribution in [1.82, 2.24) is 0 Å². The van der Waals surface area contributed by atoms with Crippen LogP contribution in [-0.2, 0) is 10.1 Å². The van der Waals surface area contributed by atoms with E-state index in [1.54, 1.807) is 6.92 Å². The van der Waals surface area contributed by atoms with Gasteiger partial charge in [0.05, 0.1) is 11.2 Å². The van der Waals surface area contributed by atoms with Gasteiger partial charge in [-0.15, -0.1) is 0 Å². The van der Waals surface area contributed by atoms with Gasteiger partial charge in [-0.2, -0.15) is 8.42 Å². The van der Waals surface area contributed by atoms with Gasteiger partial charge in [0.25, 0.3) is 10.1 Å². The van der Waals surface area contributed by atoms with E-state index < -0.39 is 27.1 Å². The average Bonchev–Trinajstić information content (AvgIpc) is 2.48. The molecule has 0 heterocycles. The van der Waals surface area contributed by atoms with E-state index in [9.17, 15) is 23.2 Å². The summed E-state index contributed by atoms with van der Waals surface area (Å²) in [6.45, 7) is 5.85. The van der Waals surface area contributed by atoms with Crippen LogP contribution in [0.5, 0.6) is 0 Å². The summed E-state index contributed by atoms with van der Waals surface area (Å²) in [7, 11) is -4.27. The molecule has 2 rings (SSSR count). The van der Waals surface area contributed by atoms with Crippen molar-refractivity contribution in [3.63, 3.8) is 0 Å². The third kappa shape index (κ3) is 3.50. The molecule has 2 aliphatic carbocycles. The van der Waals surface area contributed by atoms with E-state index in [0.717, 1.165) is 5.57 Å².